The van der Waals surface area contributed by atoms with Crippen LogP contribution in [0.3, 0.4) is 0 Å². The highest BCUT2D eigenvalue weighted by Gasteiger charge is 2.53. The molecule has 3 aromatic rings. The van der Waals surface area contributed by atoms with Crippen LogP contribution in [-0.4, -0.2) is 77.6 Å². The summed E-state index contributed by atoms with van der Waals surface area (Å²) in [6.45, 7) is 5.94. The van der Waals surface area contributed by atoms with E-state index in [9.17, 15) is 32.0 Å². The van der Waals surface area contributed by atoms with E-state index in [2.05, 4.69) is 4.98 Å². The standard InChI is InChI=1S/C34H35FN2O9S2/c1-18(38)44-15-19-17-47-32-25(31(40)37(32)30(19)33(41)46-34(2,3)4)8-6-21(39)16-45-22-7-9-24-28(14-22)48(42,43)12-11-23-26-13-20(35)5-10-27(26)36-29(23)24/h5,7,9-10,13-14,25,32,36H,6,8,11-12,15-17H2,1-4H3. The second-order valence-electron chi connectivity index (χ2n) is 13.0. The Morgan fingerprint density at radius 3 is 2.62 bits per heavy atom. The Morgan fingerprint density at radius 2 is 1.90 bits per heavy atom. The SMILES string of the molecule is CC(=O)OCC1=C(C(=O)OC(C)(C)C)N2C(=O)C(CCC(=O)COc3ccc4c(c3)S(=O)(=O)CCc3c-4[nH]c4ccc(F)cc34)C2SC1. The number of carbonyl (C=O) groups is 4. The van der Waals surface area contributed by atoms with Gasteiger partial charge in [0.25, 0.3) is 0 Å². The van der Waals surface area contributed by atoms with E-state index in [1.165, 1.54) is 41.8 Å². The number of ketones is 1. The number of β-lactam (4-membered cyclic amide) rings is 1. The molecule has 1 N–H and O–H groups in total. The molecule has 0 bridgehead atoms. The van der Waals surface area contributed by atoms with Crippen LogP contribution in [0.2, 0.25) is 0 Å². The van der Waals surface area contributed by atoms with E-state index in [0.717, 1.165) is 5.56 Å². The van der Waals surface area contributed by atoms with Crippen molar-refractivity contribution in [2.75, 3.05) is 24.7 Å². The number of aromatic amines is 1. The fraction of sp³-hybridized carbons (Fsp3) is 0.412. The molecule has 1 amide bonds. The van der Waals surface area contributed by atoms with Crippen LogP contribution in [-0.2, 0) is 44.9 Å². The van der Waals surface area contributed by atoms with Crippen molar-refractivity contribution in [3.05, 3.63) is 59.0 Å². The molecule has 2 aromatic carbocycles. The van der Waals surface area contributed by atoms with Crippen LogP contribution in [0.4, 0.5) is 4.39 Å². The van der Waals surface area contributed by atoms with Crippen LogP contribution in [0.25, 0.3) is 22.2 Å². The predicted octanol–water partition coefficient (Wildman–Crippen LogP) is 4.72. The lowest BCUT2D eigenvalue weighted by atomic mass is 9.90. The summed E-state index contributed by atoms with van der Waals surface area (Å²) in [5.74, 6) is -2.32. The lowest BCUT2D eigenvalue weighted by Gasteiger charge is -2.50. The van der Waals surface area contributed by atoms with Crippen molar-refractivity contribution in [3.63, 3.8) is 0 Å². The predicted molar refractivity (Wildman–Crippen MR) is 175 cm³/mol. The Kier molecular flexibility index (Phi) is 8.92. The zero-order valence-corrected chi connectivity index (χ0v) is 28.5. The lowest BCUT2D eigenvalue weighted by Crippen LogP contribution is -2.62. The third-order valence-electron chi connectivity index (χ3n) is 8.38. The average molecular weight is 699 g/mol. The zero-order chi connectivity index (χ0) is 34.5. The smallest absolute Gasteiger partial charge is 0.355 e. The summed E-state index contributed by atoms with van der Waals surface area (Å²) >= 11 is 1.42. The minimum absolute atomic E-state index is 0.0331. The number of carbonyl (C=O) groups excluding carboxylic acids is 4. The normalized spacial score (nSPS) is 19.9. The van der Waals surface area contributed by atoms with Gasteiger partial charge in [-0.25, -0.2) is 17.6 Å². The summed E-state index contributed by atoms with van der Waals surface area (Å²) in [6.07, 6.45) is 0.480. The minimum Gasteiger partial charge on any atom is -0.486 e. The van der Waals surface area contributed by atoms with E-state index in [1.54, 1.807) is 39.0 Å². The Morgan fingerprint density at radius 1 is 1.12 bits per heavy atom. The summed E-state index contributed by atoms with van der Waals surface area (Å²) in [6, 6.07) is 8.98. The van der Waals surface area contributed by atoms with Crippen LogP contribution < -0.4 is 4.74 Å². The van der Waals surface area contributed by atoms with Gasteiger partial charge in [-0.2, -0.15) is 0 Å². The second-order valence-corrected chi connectivity index (χ2v) is 16.2. The molecule has 254 valence electrons. The number of nitrogens with zero attached hydrogens (tertiary/aromatic N) is 1. The molecule has 2 unspecified atom stereocenters. The van der Waals surface area contributed by atoms with Gasteiger partial charge < -0.3 is 19.2 Å². The molecule has 4 heterocycles. The Hall–Kier alpha value is -4.17. The molecule has 0 radical (unpaired) electrons. The van der Waals surface area contributed by atoms with Crippen LogP contribution >= 0.6 is 11.8 Å². The summed E-state index contributed by atoms with van der Waals surface area (Å²) < 4.78 is 56.8. The maximum absolute atomic E-state index is 14.0. The number of halogens is 1. The summed E-state index contributed by atoms with van der Waals surface area (Å²) in [7, 11) is -3.71. The van der Waals surface area contributed by atoms with Gasteiger partial charge in [0.2, 0.25) is 5.91 Å². The Bertz CT molecular complexity index is 1990. The topological polar surface area (TPSA) is 149 Å². The van der Waals surface area contributed by atoms with Crippen LogP contribution in [0.5, 0.6) is 5.75 Å². The number of benzene rings is 2. The monoisotopic (exact) mass is 698 g/mol. The van der Waals surface area contributed by atoms with Gasteiger partial charge >= 0.3 is 11.9 Å². The number of amides is 1. The van der Waals surface area contributed by atoms with Crippen molar-refractivity contribution in [3.8, 4) is 17.0 Å². The van der Waals surface area contributed by atoms with E-state index >= 15 is 0 Å². The number of Topliss-reactive ketones (excluding diaryl/α,β-unsaturated/α-hetero) is 1. The van der Waals surface area contributed by atoms with Crippen molar-refractivity contribution < 1.29 is 46.2 Å². The fourth-order valence-corrected chi connectivity index (χ4v) is 9.10. The average Bonchev–Trinajstić information content (AvgIpc) is 3.32. The minimum atomic E-state index is -3.71. The number of sulfone groups is 1. The van der Waals surface area contributed by atoms with Gasteiger partial charge in [-0.3, -0.25) is 19.3 Å². The second kappa shape index (κ2) is 12.7. The molecule has 14 heteroatoms. The van der Waals surface area contributed by atoms with Gasteiger partial charge in [-0.05, 0) is 75.6 Å². The van der Waals surface area contributed by atoms with E-state index < -0.39 is 39.1 Å². The lowest BCUT2D eigenvalue weighted by molar-refractivity contribution is -0.161. The van der Waals surface area contributed by atoms with Crippen LogP contribution in [0.15, 0.2) is 52.6 Å². The highest BCUT2D eigenvalue weighted by molar-refractivity contribution is 8.00. The number of rotatable bonds is 9. The van der Waals surface area contributed by atoms with Gasteiger partial charge in [-0.15, -0.1) is 11.8 Å². The molecule has 1 fully saturated rings. The van der Waals surface area contributed by atoms with Crippen molar-refractivity contribution in [1.29, 1.82) is 0 Å². The Labute approximate surface area is 281 Å². The first-order chi connectivity index (χ1) is 22.6. The quantitative estimate of drug-likeness (QED) is 0.246. The van der Waals surface area contributed by atoms with E-state index in [4.69, 9.17) is 14.2 Å². The first-order valence-corrected chi connectivity index (χ1v) is 18.2. The van der Waals surface area contributed by atoms with E-state index in [-0.39, 0.29) is 71.6 Å². The molecule has 11 nitrogen and oxygen atoms in total. The molecule has 48 heavy (non-hydrogen) atoms. The molecule has 0 spiro atoms. The van der Waals surface area contributed by atoms with Crippen molar-refractivity contribution in [1.82, 2.24) is 9.88 Å². The van der Waals surface area contributed by atoms with Gasteiger partial charge in [-0.1, -0.05) is 0 Å². The molecule has 3 aliphatic heterocycles. The number of aryl methyl sites for hydroxylation is 1. The van der Waals surface area contributed by atoms with Crippen molar-refractivity contribution in [2.45, 2.75) is 62.8 Å². The molecule has 1 saturated heterocycles. The van der Waals surface area contributed by atoms with E-state index in [0.29, 0.717) is 33.5 Å². The van der Waals surface area contributed by atoms with E-state index in [1.807, 2.05) is 0 Å². The van der Waals surface area contributed by atoms with Gasteiger partial charge in [0.05, 0.1) is 27.6 Å². The number of esters is 2. The number of thioether (sulfide) groups is 1. The molecule has 1 aromatic heterocycles. The number of hydrogen-bond acceptors (Lipinski definition) is 10. The first-order valence-electron chi connectivity index (χ1n) is 15.5. The molecule has 0 saturated carbocycles. The third-order valence-corrected chi connectivity index (χ3v) is 11.5. The number of aromatic nitrogens is 1. The van der Waals surface area contributed by atoms with Crippen molar-refractivity contribution in [2.24, 2.45) is 5.92 Å². The first kappa shape index (κ1) is 33.7. The maximum Gasteiger partial charge on any atom is 0.355 e. The van der Waals surface area contributed by atoms with Crippen LogP contribution in [0.1, 0.15) is 46.1 Å². The van der Waals surface area contributed by atoms with Gasteiger partial charge in [0, 0.05) is 41.1 Å². The van der Waals surface area contributed by atoms with Gasteiger partial charge in [0.1, 0.15) is 36.1 Å². The zero-order valence-electron chi connectivity index (χ0n) is 26.9. The summed E-state index contributed by atoms with van der Waals surface area (Å²) in [5, 5.41) is 0.258. The Balaban J connectivity index is 1.11. The maximum atomic E-state index is 14.0. The van der Waals surface area contributed by atoms with Crippen molar-refractivity contribution >= 4 is 56.1 Å². The number of nitrogens with one attached hydrogen (secondary N) is 1. The highest BCUT2D eigenvalue weighted by atomic mass is 32.2. The highest BCUT2D eigenvalue weighted by Crippen LogP contribution is 2.46. The van der Waals surface area contributed by atoms with Crippen LogP contribution in [0, 0.1) is 11.7 Å². The summed E-state index contributed by atoms with van der Waals surface area (Å²) in [4.78, 5) is 55.4. The number of fused-ring (bicyclic) bond motifs is 6. The molecule has 3 aliphatic rings. The molecule has 0 aliphatic carbocycles. The molecule has 2 atom stereocenters. The molecule has 6 rings (SSSR count). The molecular formula is C34H35FN2O9S2. The summed E-state index contributed by atoms with van der Waals surface area (Å²) in [5.41, 5.74) is 2.24. The molecular weight excluding hydrogens is 664 g/mol. The largest absolute Gasteiger partial charge is 0.486 e. The number of hydrogen-bond donors (Lipinski definition) is 1. The third kappa shape index (κ3) is 6.59. The number of ether oxygens (including phenoxy) is 3. The van der Waals surface area contributed by atoms with Gasteiger partial charge in [0.15, 0.2) is 15.6 Å². The number of H-pyrrole nitrogens is 1. The fourth-order valence-electron chi connectivity index (χ4n) is 6.18.